The molecule has 1 saturated carbocycles. The van der Waals surface area contributed by atoms with E-state index in [9.17, 15) is 9.59 Å². The van der Waals surface area contributed by atoms with Crippen molar-refractivity contribution in [3.05, 3.63) is 29.8 Å². The Bertz CT molecular complexity index is 608. The number of carbonyl (C=O) groups is 2. The second-order valence-electron chi connectivity index (χ2n) is 7.01. The highest BCUT2D eigenvalue weighted by Crippen LogP contribution is 2.37. The lowest BCUT2D eigenvalue weighted by Crippen LogP contribution is -2.47. The molecule has 2 fully saturated rings. The van der Waals surface area contributed by atoms with E-state index >= 15 is 0 Å². The Balaban J connectivity index is 1.45. The van der Waals surface area contributed by atoms with Gasteiger partial charge in [-0.2, -0.15) is 0 Å². The van der Waals surface area contributed by atoms with Crippen LogP contribution in [0.15, 0.2) is 24.3 Å². The van der Waals surface area contributed by atoms with Crippen molar-refractivity contribution in [2.24, 2.45) is 11.8 Å². The molecule has 0 bridgehead atoms. The van der Waals surface area contributed by atoms with Crippen LogP contribution in [0.3, 0.4) is 0 Å². The molecule has 2 atom stereocenters. The maximum atomic E-state index is 12.5. The molecule has 2 aliphatic rings. The molecule has 0 radical (unpaired) electrons. The van der Waals surface area contributed by atoms with Crippen LogP contribution in [0, 0.1) is 11.8 Å². The van der Waals surface area contributed by atoms with Crippen molar-refractivity contribution >= 4 is 11.8 Å². The Kier molecular flexibility index (Phi) is 5.07. The van der Waals surface area contributed by atoms with E-state index in [2.05, 4.69) is 12.2 Å². The summed E-state index contributed by atoms with van der Waals surface area (Å²) in [6.45, 7) is 3.55. The molecular formula is C19H26N2O3. The number of nitrogens with zero attached hydrogens (tertiary/aromatic N) is 1. The Morgan fingerprint density at radius 3 is 2.62 bits per heavy atom. The molecule has 2 amide bonds. The van der Waals surface area contributed by atoms with Gasteiger partial charge in [0.05, 0.1) is 13.5 Å². The number of amides is 2. The molecule has 0 spiro atoms. The van der Waals surface area contributed by atoms with Gasteiger partial charge < -0.3 is 15.0 Å². The van der Waals surface area contributed by atoms with E-state index in [0.717, 1.165) is 30.6 Å². The maximum Gasteiger partial charge on any atom is 0.226 e. The molecule has 1 aliphatic heterocycles. The Labute approximate surface area is 143 Å². The van der Waals surface area contributed by atoms with Gasteiger partial charge in [0.1, 0.15) is 5.75 Å². The molecule has 1 aliphatic carbocycles. The molecule has 130 valence electrons. The minimum absolute atomic E-state index is 0.142. The second kappa shape index (κ2) is 7.24. The molecule has 3 rings (SSSR count). The summed E-state index contributed by atoms with van der Waals surface area (Å²) in [7, 11) is 1.63. The predicted molar refractivity (Wildman–Crippen MR) is 91.7 cm³/mol. The molecule has 1 saturated heterocycles. The summed E-state index contributed by atoms with van der Waals surface area (Å²) < 4.78 is 5.20. The zero-order valence-corrected chi connectivity index (χ0v) is 14.5. The van der Waals surface area contributed by atoms with E-state index in [1.807, 2.05) is 29.2 Å². The monoisotopic (exact) mass is 330 g/mol. The van der Waals surface area contributed by atoms with Gasteiger partial charge in [-0.3, -0.25) is 9.59 Å². The molecular weight excluding hydrogens is 304 g/mol. The van der Waals surface area contributed by atoms with Gasteiger partial charge in [-0.15, -0.1) is 0 Å². The summed E-state index contributed by atoms with van der Waals surface area (Å²) in [5.41, 5.74) is 0.970. The number of carbonyl (C=O) groups excluding carboxylic acids is 2. The van der Waals surface area contributed by atoms with Crippen molar-refractivity contribution < 1.29 is 14.3 Å². The van der Waals surface area contributed by atoms with Crippen LogP contribution in [0.4, 0.5) is 0 Å². The van der Waals surface area contributed by atoms with Gasteiger partial charge in [0.25, 0.3) is 0 Å². The lowest BCUT2D eigenvalue weighted by Gasteiger charge is -2.32. The largest absolute Gasteiger partial charge is 0.497 e. The zero-order valence-electron chi connectivity index (χ0n) is 14.5. The lowest BCUT2D eigenvalue weighted by atomic mass is 10.0. The fourth-order valence-corrected chi connectivity index (χ4v) is 3.34. The van der Waals surface area contributed by atoms with Gasteiger partial charge >= 0.3 is 0 Å². The molecule has 5 nitrogen and oxygen atoms in total. The van der Waals surface area contributed by atoms with Crippen LogP contribution in [-0.2, 0) is 16.0 Å². The minimum atomic E-state index is 0.142. The van der Waals surface area contributed by atoms with Crippen LogP contribution < -0.4 is 10.1 Å². The number of hydrogen-bond acceptors (Lipinski definition) is 3. The summed E-state index contributed by atoms with van der Waals surface area (Å²) in [6, 6.07) is 7.85. The minimum Gasteiger partial charge on any atom is -0.497 e. The Hall–Kier alpha value is -2.04. The zero-order chi connectivity index (χ0) is 17.1. The number of piperidine rings is 1. The molecule has 24 heavy (non-hydrogen) atoms. The Morgan fingerprint density at radius 2 is 2.00 bits per heavy atom. The van der Waals surface area contributed by atoms with E-state index in [4.69, 9.17) is 4.74 Å². The number of methoxy groups -OCH3 is 1. The first-order valence-electron chi connectivity index (χ1n) is 8.78. The maximum absolute atomic E-state index is 12.5. The van der Waals surface area contributed by atoms with Crippen molar-refractivity contribution in [3.8, 4) is 5.75 Å². The van der Waals surface area contributed by atoms with Gasteiger partial charge in [0, 0.05) is 25.0 Å². The number of hydrogen-bond donors (Lipinski definition) is 1. The van der Waals surface area contributed by atoms with Crippen LogP contribution in [0.2, 0.25) is 0 Å². The first kappa shape index (κ1) is 16.8. The first-order valence-corrected chi connectivity index (χ1v) is 8.78. The highest BCUT2D eigenvalue weighted by molar-refractivity contribution is 5.82. The van der Waals surface area contributed by atoms with Gasteiger partial charge in [0.2, 0.25) is 11.8 Å². The van der Waals surface area contributed by atoms with Crippen molar-refractivity contribution in [1.29, 1.82) is 0 Å². The van der Waals surface area contributed by atoms with Crippen molar-refractivity contribution in [1.82, 2.24) is 10.2 Å². The molecule has 1 aromatic rings. The SMILES string of the molecule is COc1cccc(CC(=O)N2CCC(NC(=O)[C@H]3C[C@@H]3C)CC2)c1. The lowest BCUT2D eigenvalue weighted by molar-refractivity contribution is -0.131. The van der Waals surface area contributed by atoms with Gasteiger partial charge in [-0.1, -0.05) is 19.1 Å². The van der Waals surface area contributed by atoms with Crippen LogP contribution in [0.1, 0.15) is 31.7 Å². The average molecular weight is 330 g/mol. The van der Waals surface area contributed by atoms with Crippen molar-refractivity contribution in [2.45, 2.75) is 38.6 Å². The topological polar surface area (TPSA) is 58.6 Å². The third-order valence-electron chi connectivity index (χ3n) is 5.13. The summed E-state index contributed by atoms with van der Waals surface area (Å²) in [4.78, 5) is 26.4. The normalized spacial score (nSPS) is 23.7. The molecule has 1 N–H and O–H groups in total. The average Bonchev–Trinajstić information content (AvgIpc) is 3.32. The van der Waals surface area contributed by atoms with Gasteiger partial charge in [-0.25, -0.2) is 0 Å². The third kappa shape index (κ3) is 4.08. The molecule has 1 aromatic carbocycles. The quantitative estimate of drug-likeness (QED) is 0.898. The number of benzene rings is 1. The second-order valence-corrected chi connectivity index (χ2v) is 7.01. The number of ether oxygens (including phenoxy) is 1. The predicted octanol–water partition coefficient (Wildman–Crippen LogP) is 2.00. The van der Waals surface area contributed by atoms with Crippen LogP contribution in [0.5, 0.6) is 5.75 Å². The van der Waals surface area contributed by atoms with E-state index in [0.29, 0.717) is 25.4 Å². The fraction of sp³-hybridized carbons (Fsp3) is 0.579. The molecule has 5 heteroatoms. The molecule has 0 unspecified atom stereocenters. The van der Waals surface area contributed by atoms with Crippen LogP contribution >= 0.6 is 0 Å². The van der Waals surface area contributed by atoms with E-state index in [1.54, 1.807) is 7.11 Å². The highest BCUT2D eigenvalue weighted by Gasteiger charge is 2.40. The van der Waals surface area contributed by atoms with Gasteiger partial charge in [-0.05, 0) is 42.9 Å². The number of rotatable bonds is 5. The first-order chi connectivity index (χ1) is 11.6. The molecule has 0 aromatic heterocycles. The van der Waals surface area contributed by atoms with Crippen molar-refractivity contribution in [2.75, 3.05) is 20.2 Å². The van der Waals surface area contributed by atoms with E-state index in [1.165, 1.54) is 0 Å². The summed E-state index contributed by atoms with van der Waals surface area (Å²) in [5.74, 6) is 1.87. The fourth-order valence-electron chi connectivity index (χ4n) is 3.34. The van der Waals surface area contributed by atoms with Crippen LogP contribution in [0.25, 0.3) is 0 Å². The van der Waals surface area contributed by atoms with E-state index < -0.39 is 0 Å². The number of nitrogens with one attached hydrogen (secondary N) is 1. The van der Waals surface area contributed by atoms with Gasteiger partial charge in [0.15, 0.2) is 0 Å². The summed E-state index contributed by atoms with van der Waals surface area (Å²) >= 11 is 0. The smallest absolute Gasteiger partial charge is 0.226 e. The molecule has 1 heterocycles. The van der Waals surface area contributed by atoms with Crippen LogP contribution in [-0.4, -0.2) is 43.0 Å². The Morgan fingerprint density at radius 1 is 1.29 bits per heavy atom. The summed E-state index contributed by atoms with van der Waals surface area (Å²) in [6.07, 6.45) is 3.10. The highest BCUT2D eigenvalue weighted by atomic mass is 16.5. The van der Waals surface area contributed by atoms with E-state index in [-0.39, 0.29) is 23.8 Å². The van der Waals surface area contributed by atoms with Crippen molar-refractivity contribution in [3.63, 3.8) is 0 Å². The summed E-state index contributed by atoms with van der Waals surface area (Å²) in [5, 5.41) is 3.14. The third-order valence-corrected chi connectivity index (χ3v) is 5.13. The number of likely N-dealkylation sites (tertiary alicyclic amines) is 1. The standard InChI is InChI=1S/C19H26N2O3/c1-13-10-17(13)19(23)20-15-6-8-21(9-7-15)18(22)12-14-4-3-5-16(11-14)24-2/h3-5,11,13,15,17H,6-10,12H2,1-2H3,(H,20,23)/t13-,17-/m0/s1.